The molecule has 64 valence electrons. The van der Waals surface area contributed by atoms with E-state index >= 15 is 0 Å². The molecule has 1 N–H and O–H groups in total. The summed E-state index contributed by atoms with van der Waals surface area (Å²) in [5.41, 5.74) is 0. The highest BCUT2D eigenvalue weighted by atomic mass is 32.2. The maximum atomic E-state index is 10.9. The third kappa shape index (κ3) is 5.85. The lowest BCUT2D eigenvalue weighted by Gasteiger charge is -2.01. The number of sulfonamides is 1. The fourth-order valence-electron chi connectivity index (χ4n) is 0.417. The van der Waals surface area contributed by atoms with Crippen molar-refractivity contribution in [2.24, 2.45) is 0 Å². The lowest BCUT2D eigenvalue weighted by molar-refractivity contribution is 0.217. The molecule has 0 aromatic carbocycles. The third-order valence-corrected chi connectivity index (χ3v) is 2.24. The van der Waals surface area contributed by atoms with Crippen molar-refractivity contribution in [1.82, 2.24) is 4.72 Å². The molecule has 0 radical (unpaired) electrons. The van der Waals surface area contributed by atoms with Crippen molar-refractivity contribution in [3.05, 3.63) is 0 Å². The monoisotopic (exact) mass is 177 g/mol. The van der Waals surface area contributed by atoms with Crippen molar-refractivity contribution in [1.29, 1.82) is 0 Å². The van der Waals surface area contributed by atoms with Gasteiger partial charge in [-0.25, -0.2) is 13.1 Å². The van der Waals surface area contributed by atoms with Gasteiger partial charge in [-0.2, -0.15) is 0 Å². The molecule has 0 aromatic rings. The van der Waals surface area contributed by atoms with Crippen LogP contribution in [-0.2, 0) is 14.8 Å². The van der Waals surface area contributed by atoms with E-state index in [1.807, 2.05) is 0 Å². The summed E-state index contributed by atoms with van der Waals surface area (Å²) in [6.45, 7) is 0.214. The summed E-state index contributed by atoms with van der Waals surface area (Å²) in [4.78, 5) is 0. The average Bonchev–Trinajstić information content (AvgIpc) is 1.97. The van der Waals surface area contributed by atoms with E-state index in [2.05, 4.69) is 15.4 Å². The average molecular weight is 177 g/mol. The number of rotatable bonds is 5. The Morgan fingerprint density at radius 2 is 2.27 bits per heavy atom. The van der Waals surface area contributed by atoms with E-state index in [1.54, 1.807) is 0 Å². The Morgan fingerprint density at radius 1 is 1.64 bits per heavy atom. The predicted octanol–water partition coefficient (Wildman–Crippen LogP) is -0.815. The Morgan fingerprint density at radius 3 is 2.73 bits per heavy atom. The van der Waals surface area contributed by atoms with Crippen LogP contribution < -0.4 is 4.72 Å². The molecule has 4 nitrogen and oxygen atoms in total. The molecular formula is C6H11NO3S. The van der Waals surface area contributed by atoms with E-state index in [0.717, 1.165) is 0 Å². The van der Waals surface area contributed by atoms with Crippen LogP contribution in [0.2, 0.25) is 0 Å². The van der Waals surface area contributed by atoms with E-state index in [0.29, 0.717) is 0 Å². The molecule has 0 amide bonds. The van der Waals surface area contributed by atoms with Crippen LogP contribution >= 0.6 is 0 Å². The standard InChI is InChI=1S/C6H11NO3S/c1-3-4-7-11(8,9)6-5-10-2/h1,7H,4-6H2,2H3. The predicted molar refractivity (Wildman–Crippen MR) is 42.5 cm³/mol. The fourth-order valence-corrected chi connectivity index (χ4v) is 1.25. The zero-order chi connectivity index (χ0) is 8.74. The number of nitrogens with one attached hydrogen (secondary N) is 1. The molecule has 5 heteroatoms. The zero-order valence-corrected chi connectivity index (χ0v) is 7.15. The SMILES string of the molecule is C#CCNS(=O)(=O)CCOC. The second-order valence-electron chi connectivity index (χ2n) is 1.84. The quantitative estimate of drug-likeness (QED) is 0.558. The minimum Gasteiger partial charge on any atom is -0.384 e. The number of hydrogen-bond donors (Lipinski definition) is 1. The molecule has 0 spiro atoms. The van der Waals surface area contributed by atoms with Crippen molar-refractivity contribution < 1.29 is 13.2 Å². The second kappa shape index (κ2) is 5.13. The van der Waals surface area contributed by atoms with Crippen molar-refractivity contribution in [2.45, 2.75) is 0 Å². The first kappa shape index (κ1) is 10.4. The van der Waals surface area contributed by atoms with Gasteiger partial charge >= 0.3 is 0 Å². The van der Waals surface area contributed by atoms with Gasteiger partial charge in [-0.15, -0.1) is 6.42 Å². The molecule has 0 atom stereocenters. The van der Waals surface area contributed by atoms with Gasteiger partial charge in [0, 0.05) is 7.11 Å². The highest BCUT2D eigenvalue weighted by Gasteiger charge is 2.06. The van der Waals surface area contributed by atoms with Gasteiger partial charge in [0.15, 0.2) is 0 Å². The van der Waals surface area contributed by atoms with E-state index in [1.165, 1.54) is 7.11 Å². The first-order chi connectivity index (χ1) is 5.12. The lowest BCUT2D eigenvalue weighted by Crippen LogP contribution is -2.28. The van der Waals surface area contributed by atoms with Gasteiger partial charge in [-0.3, -0.25) is 0 Å². The van der Waals surface area contributed by atoms with Crippen LogP contribution in [-0.4, -0.2) is 34.4 Å². The van der Waals surface area contributed by atoms with Crippen molar-refractivity contribution >= 4 is 10.0 Å². The van der Waals surface area contributed by atoms with Gasteiger partial charge in [0.1, 0.15) is 0 Å². The van der Waals surface area contributed by atoms with E-state index in [-0.39, 0.29) is 18.9 Å². The largest absolute Gasteiger partial charge is 0.384 e. The van der Waals surface area contributed by atoms with Gasteiger partial charge < -0.3 is 4.74 Å². The summed E-state index contributed by atoms with van der Waals surface area (Å²) in [6, 6.07) is 0. The number of hydrogen-bond acceptors (Lipinski definition) is 3. The van der Waals surface area contributed by atoms with E-state index in [4.69, 9.17) is 6.42 Å². The minimum absolute atomic E-state index is 0.0338. The zero-order valence-electron chi connectivity index (χ0n) is 6.33. The molecule has 0 saturated heterocycles. The summed E-state index contributed by atoms with van der Waals surface area (Å²) >= 11 is 0. The van der Waals surface area contributed by atoms with Gasteiger partial charge in [-0.05, 0) is 0 Å². The second-order valence-corrected chi connectivity index (χ2v) is 3.76. The first-order valence-electron chi connectivity index (χ1n) is 3.02. The Bertz CT molecular complexity index is 227. The molecule has 0 aromatic heterocycles. The maximum absolute atomic E-state index is 10.9. The molecule has 0 unspecified atom stereocenters. The van der Waals surface area contributed by atoms with Crippen LogP contribution in [0.3, 0.4) is 0 Å². The maximum Gasteiger partial charge on any atom is 0.214 e. The molecule has 0 bridgehead atoms. The summed E-state index contributed by atoms with van der Waals surface area (Å²) in [5.74, 6) is 2.12. The van der Waals surface area contributed by atoms with Crippen LogP contribution in [0.25, 0.3) is 0 Å². The Kier molecular flexibility index (Phi) is 4.86. The summed E-state index contributed by atoms with van der Waals surface area (Å²) < 4.78 is 28.5. The van der Waals surface area contributed by atoms with Crippen LogP contribution in [0.4, 0.5) is 0 Å². The highest BCUT2D eigenvalue weighted by Crippen LogP contribution is 1.82. The number of ether oxygens (including phenoxy) is 1. The van der Waals surface area contributed by atoms with E-state index < -0.39 is 10.0 Å². The first-order valence-corrected chi connectivity index (χ1v) is 4.67. The van der Waals surface area contributed by atoms with Gasteiger partial charge in [-0.1, -0.05) is 5.92 Å². The smallest absolute Gasteiger partial charge is 0.214 e. The number of terminal acetylenes is 1. The fraction of sp³-hybridized carbons (Fsp3) is 0.667. The topological polar surface area (TPSA) is 55.4 Å². The van der Waals surface area contributed by atoms with E-state index in [9.17, 15) is 8.42 Å². The Balaban J connectivity index is 3.74. The normalized spacial score (nSPS) is 10.9. The van der Waals surface area contributed by atoms with Crippen molar-refractivity contribution in [3.63, 3.8) is 0 Å². The molecule has 0 saturated carbocycles. The van der Waals surface area contributed by atoms with Crippen LogP contribution in [0.15, 0.2) is 0 Å². The molecular weight excluding hydrogens is 166 g/mol. The molecule has 0 aliphatic carbocycles. The van der Waals surface area contributed by atoms with Crippen molar-refractivity contribution in [2.75, 3.05) is 26.0 Å². The van der Waals surface area contributed by atoms with Crippen molar-refractivity contribution in [3.8, 4) is 12.3 Å². The third-order valence-electron chi connectivity index (χ3n) is 0.950. The molecule has 0 fully saturated rings. The summed E-state index contributed by atoms with van der Waals surface area (Å²) in [5, 5.41) is 0. The lowest BCUT2D eigenvalue weighted by atomic mass is 10.7. The summed E-state index contributed by atoms with van der Waals surface area (Å²) in [7, 11) is -1.78. The summed E-state index contributed by atoms with van der Waals surface area (Å²) in [6.07, 6.45) is 4.86. The van der Waals surface area contributed by atoms with Crippen LogP contribution in [0.1, 0.15) is 0 Å². The van der Waals surface area contributed by atoms with Gasteiger partial charge in [0.05, 0.1) is 18.9 Å². The van der Waals surface area contributed by atoms with Crippen LogP contribution in [0.5, 0.6) is 0 Å². The van der Waals surface area contributed by atoms with Gasteiger partial charge in [0.2, 0.25) is 10.0 Å². The highest BCUT2D eigenvalue weighted by molar-refractivity contribution is 7.89. The molecule has 0 heterocycles. The molecule has 0 aliphatic rings. The van der Waals surface area contributed by atoms with Gasteiger partial charge in [0.25, 0.3) is 0 Å². The number of methoxy groups -OCH3 is 1. The Labute approximate surface area is 67.0 Å². The van der Waals surface area contributed by atoms with Crippen LogP contribution in [0, 0.1) is 12.3 Å². The Hall–Kier alpha value is -0.570. The molecule has 0 rings (SSSR count). The molecule has 0 aliphatic heterocycles. The molecule has 11 heavy (non-hydrogen) atoms. The minimum atomic E-state index is -3.22.